The maximum atomic E-state index is 13.6. The van der Waals surface area contributed by atoms with E-state index >= 15 is 0 Å². The van der Waals surface area contributed by atoms with Crippen LogP contribution in [0.2, 0.25) is 0 Å². The largest absolute Gasteiger partial charge is 0.418 e. The number of aromatic nitrogens is 1. The summed E-state index contributed by atoms with van der Waals surface area (Å²) in [7, 11) is 0. The summed E-state index contributed by atoms with van der Waals surface area (Å²) in [5, 5.41) is 0.158. The molecule has 0 N–H and O–H groups in total. The average Bonchev–Trinajstić information content (AvgIpc) is 2.77. The Morgan fingerprint density at radius 2 is 1.48 bits per heavy atom. The smallest absolute Gasteiger partial charge is 0.294 e. The summed E-state index contributed by atoms with van der Waals surface area (Å²) in [5.41, 5.74) is 0.299. The van der Waals surface area contributed by atoms with Crippen LogP contribution < -0.4 is 0 Å². The third-order valence-corrected chi connectivity index (χ3v) is 5.06. The van der Waals surface area contributed by atoms with Crippen LogP contribution in [0.1, 0.15) is 38.8 Å². The van der Waals surface area contributed by atoms with Crippen molar-refractivity contribution in [3.05, 3.63) is 101 Å². The maximum Gasteiger partial charge on any atom is 0.418 e. The van der Waals surface area contributed by atoms with Crippen LogP contribution in [0.4, 0.5) is 13.2 Å². The second kappa shape index (κ2) is 7.80. The van der Waals surface area contributed by atoms with E-state index in [1.54, 1.807) is 54.6 Å². The van der Waals surface area contributed by atoms with Crippen molar-refractivity contribution < 1.29 is 22.8 Å². The summed E-state index contributed by atoms with van der Waals surface area (Å²) < 4.78 is 40.9. The second-order valence-electron chi connectivity index (χ2n) is 7.04. The van der Waals surface area contributed by atoms with Crippen LogP contribution in [0.3, 0.4) is 0 Å². The zero-order valence-electron chi connectivity index (χ0n) is 16.4. The van der Waals surface area contributed by atoms with E-state index in [0.29, 0.717) is 16.7 Å². The Hall–Kier alpha value is -3.80. The molecule has 1 aromatic heterocycles. The molecule has 0 amide bonds. The maximum absolute atomic E-state index is 13.6. The Kier molecular flexibility index (Phi) is 5.15. The van der Waals surface area contributed by atoms with Gasteiger partial charge in [-0.3, -0.25) is 14.6 Å². The predicted molar refractivity (Wildman–Crippen MR) is 112 cm³/mol. The molecular formula is C25H16F3NO2. The fraction of sp³-hybridized carbons (Fsp3) is 0.0800. The Balaban J connectivity index is 2.12. The molecule has 0 radical (unpaired) electrons. The number of carbonyl (C=O) groups excluding carboxylic acids is 2. The zero-order chi connectivity index (χ0) is 22.2. The Bertz CT molecular complexity index is 1310. The van der Waals surface area contributed by atoms with Crippen LogP contribution in [0.15, 0.2) is 79.0 Å². The van der Waals surface area contributed by atoms with Crippen molar-refractivity contribution in [3.63, 3.8) is 0 Å². The number of pyridine rings is 1. The molecule has 0 saturated heterocycles. The molecule has 4 aromatic rings. The number of para-hydroxylation sites is 1. The van der Waals surface area contributed by atoms with Gasteiger partial charge in [0.1, 0.15) is 0 Å². The number of hydrogen-bond donors (Lipinski definition) is 0. The summed E-state index contributed by atoms with van der Waals surface area (Å²) in [6, 6.07) is 18.7. The van der Waals surface area contributed by atoms with Crippen LogP contribution in [-0.2, 0) is 6.18 Å². The topological polar surface area (TPSA) is 47.0 Å². The quantitative estimate of drug-likeness (QED) is 0.362. The summed E-state index contributed by atoms with van der Waals surface area (Å²) in [5.74, 6) is -0.647. The molecule has 0 aliphatic heterocycles. The molecule has 0 saturated carbocycles. The number of Topliss-reactive ketones (excluding diaryl/α,β-unsaturated/α-hetero) is 1. The van der Waals surface area contributed by atoms with Crippen LogP contribution >= 0.6 is 0 Å². The second-order valence-corrected chi connectivity index (χ2v) is 7.04. The van der Waals surface area contributed by atoms with Gasteiger partial charge in [-0.1, -0.05) is 66.7 Å². The van der Waals surface area contributed by atoms with Crippen molar-refractivity contribution in [2.24, 2.45) is 0 Å². The van der Waals surface area contributed by atoms with E-state index < -0.39 is 11.7 Å². The summed E-state index contributed by atoms with van der Waals surface area (Å²) in [6.07, 6.45) is -3.45. The number of hydrogen-bond acceptors (Lipinski definition) is 3. The minimum Gasteiger partial charge on any atom is -0.294 e. The van der Waals surface area contributed by atoms with E-state index in [-0.39, 0.29) is 33.6 Å². The Morgan fingerprint density at radius 3 is 2.16 bits per heavy atom. The first-order valence-corrected chi connectivity index (χ1v) is 9.48. The standard InChI is InChI=1S/C25H16F3NO2/c1-15(30)17-10-5-6-11-18(17)22-19-12-7-13-21(25(26,27)28)23(19)29-14-20(22)24(31)16-8-3-2-4-9-16/h2-14H,1H3. The monoisotopic (exact) mass is 419 g/mol. The minimum atomic E-state index is -4.62. The number of benzene rings is 3. The molecule has 0 atom stereocenters. The molecule has 4 rings (SSSR count). The third-order valence-electron chi connectivity index (χ3n) is 5.06. The molecule has 0 aliphatic rings. The van der Waals surface area contributed by atoms with Gasteiger partial charge in [0.05, 0.1) is 11.1 Å². The van der Waals surface area contributed by atoms with Gasteiger partial charge in [-0.15, -0.1) is 0 Å². The molecule has 3 aromatic carbocycles. The summed E-state index contributed by atoms with van der Waals surface area (Å²) in [6.45, 7) is 1.38. The van der Waals surface area contributed by atoms with Gasteiger partial charge in [-0.2, -0.15) is 13.2 Å². The number of carbonyl (C=O) groups is 2. The first-order valence-electron chi connectivity index (χ1n) is 9.48. The van der Waals surface area contributed by atoms with Crippen molar-refractivity contribution in [1.29, 1.82) is 0 Å². The van der Waals surface area contributed by atoms with Gasteiger partial charge in [0.25, 0.3) is 0 Å². The molecule has 0 fully saturated rings. The van der Waals surface area contributed by atoms with E-state index in [2.05, 4.69) is 4.98 Å². The minimum absolute atomic E-state index is 0.131. The van der Waals surface area contributed by atoms with Gasteiger partial charge in [0.15, 0.2) is 11.6 Å². The molecule has 3 nitrogen and oxygen atoms in total. The van der Waals surface area contributed by atoms with E-state index in [4.69, 9.17) is 0 Å². The van der Waals surface area contributed by atoms with Crippen LogP contribution in [0.5, 0.6) is 0 Å². The highest BCUT2D eigenvalue weighted by Gasteiger charge is 2.34. The first kappa shape index (κ1) is 20.5. The Morgan fingerprint density at radius 1 is 0.806 bits per heavy atom. The van der Waals surface area contributed by atoms with Crippen molar-refractivity contribution >= 4 is 22.5 Å². The molecule has 0 spiro atoms. The van der Waals surface area contributed by atoms with Crippen LogP contribution in [0, 0.1) is 0 Å². The summed E-state index contributed by atoms with van der Waals surface area (Å²) >= 11 is 0. The lowest BCUT2D eigenvalue weighted by atomic mass is 9.88. The van der Waals surface area contributed by atoms with Gasteiger partial charge in [-0.25, -0.2) is 0 Å². The lowest BCUT2D eigenvalue weighted by Crippen LogP contribution is -2.10. The van der Waals surface area contributed by atoms with E-state index in [1.165, 1.54) is 25.3 Å². The lowest BCUT2D eigenvalue weighted by molar-refractivity contribution is -0.136. The number of fused-ring (bicyclic) bond motifs is 1. The molecule has 0 bridgehead atoms. The fourth-order valence-electron chi connectivity index (χ4n) is 3.67. The lowest BCUT2D eigenvalue weighted by Gasteiger charge is -2.17. The van der Waals surface area contributed by atoms with Crippen molar-refractivity contribution in [3.8, 4) is 11.1 Å². The molecule has 0 aliphatic carbocycles. The molecular weight excluding hydrogens is 403 g/mol. The normalized spacial score (nSPS) is 11.5. The number of nitrogens with zero attached hydrogens (tertiary/aromatic N) is 1. The highest BCUT2D eigenvalue weighted by Crippen LogP contribution is 2.40. The van der Waals surface area contributed by atoms with E-state index in [1.807, 2.05) is 0 Å². The molecule has 154 valence electrons. The van der Waals surface area contributed by atoms with E-state index in [9.17, 15) is 22.8 Å². The highest BCUT2D eigenvalue weighted by atomic mass is 19.4. The van der Waals surface area contributed by atoms with Crippen molar-refractivity contribution in [1.82, 2.24) is 4.98 Å². The molecule has 0 unspecified atom stereocenters. The number of halogens is 3. The average molecular weight is 419 g/mol. The SMILES string of the molecule is CC(=O)c1ccccc1-c1c(C(=O)c2ccccc2)cnc2c(C(F)(F)F)cccc12. The van der Waals surface area contributed by atoms with Gasteiger partial charge in [-0.05, 0) is 18.6 Å². The van der Waals surface area contributed by atoms with Crippen LogP contribution in [-0.4, -0.2) is 16.6 Å². The number of ketones is 2. The molecule has 31 heavy (non-hydrogen) atoms. The van der Waals surface area contributed by atoms with E-state index in [0.717, 1.165) is 6.07 Å². The molecule has 1 heterocycles. The predicted octanol–water partition coefficient (Wildman–Crippen LogP) is 6.35. The van der Waals surface area contributed by atoms with Crippen molar-refractivity contribution in [2.75, 3.05) is 0 Å². The summed E-state index contributed by atoms with van der Waals surface area (Å²) in [4.78, 5) is 29.6. The van der Waals surface area contributed by atoms with Gasteiger partial charge < -0.3 is 0 Å². The zero-order valence-corrected chi connectivity index (χ0v) is 16.4. The van der Waals surface area contributed by atoms with Crippen LogP contribution in [0.25, 0.3) is 22.0 Å². The van der Waals surface area contributed by atoms with Crippen molar-refractivity contribution in [2.45, 2.75) is 13.1 Å². The Labute approximate surface area is 176 Å². The fourth-order valence-corrected chi connectivity index (χ4v) is 3.67. The van der Waals surface area contributed by atoms with Gasteiger partial charge in [0, 0.05) is 33.8 Å². The van der Waals surface area contributed by atoms with Gasteiger partial charge in [0.2, 0.25) is 0 Å². The first-order chi connectivity index (χ1) is 14.8. The number of rotatable bonds is 4. The molecule has 6 heteroatoms. The van der Waals surface area contributed by atoms with Gasteiger partial charge >= 0.3 is 6.18 Å². The third kappa shape index (κ3) is 3.72. The highest BCUT2D eigenvalue weighted by molar-refractivity contribution is 6.18. The number of alkyl halides is 3.